The Labute approximate surface area is 160 Å². The van der Waals surface area contributed by atoms with E-state index in [9.17, 15) is 4.79 Å². The Balaban J connectivity index is 1.92. The second-order valence-corrected chi connectivity index (χ2v) is 7.96. The number of carboxylic acid groups (broad SMARTS) is 1. The molecular weight excluding hydrogens is 366 g/mol. The molecule has 6 heteroatoms. The SMILES string of the molecule is CC(C)Oc1ccc(/C=C(/SCC(=O)O)c2nc3ccccc3s2)cc1. The normalized spacial score (nSPS) is 11.9. The van der Waals surface area contributed by atoms with Crippen molar-refractivity contribution in [3.8, 4) is 5.75 Å². The molecule has 3 rings (SSSR count). The maximum absolute atomic E-state index is 11.0. The van der Waals surface area contributed by atoms with Crippen LogP contribution in [0.1, 0.15) is 24.4 Å². The van der Waals surface area contributed by atoms with Gasteiger partial charge in [0, 0.05) is 4.91 Å². The molecule has 0 atom stereocenters. The van der Waals surface area contributed by atoms with Gasteiger partial charge >= 0.3 is 5.97 Å². The number of benzene rings is 2. The minimum absolute atomic E-state index is 0.00367. The quantitative estimate of drug-likeness (QED) is 0.590. The lowest BCUT2D eigenvalue weighted by atomic mass is 10.2. The zero-order valence-electron chi connectivity index (χ0n) is 14.5. The predicted octanol–water partition coefficient (Wildman–Crippen LogP) is 5.40. The zero-order valence-corrected chi connectivity index (χ0v) is 16.1. The molecule has 1 aromatic heterocycles. The summed E-state index contributed by atoms with van der Waals surface area (Å²) in [6, 6.07) is 15.7. The third-order valence-corrected chi connectivity index (χ3v) is 5.62. The van der Waals surface area contributed by atoms with Crippen molar-refractivity contribution >= 4 is 50.3 Å². The van der Waals surface area contributed by atoms with Gasteiger partial charge in [-0.2, -0.15) is 0 Å². The first kappa shape index (κ1) is 18.5. The van der Waals surface area contributed by atoms with Gasteiger partial charge < -0.3 is 9.84 Å². The molecule has 0 amide bonds. The Kier molecular flexibility index (Phi) is 5.96. The number of aromatic nitrogens is 1. The van der Waals surface area contributed by atoms with E-state index < -0.39 is 5.97 Å². The molecule has 1 N–H and O–H groups in total. The number of para-hydroxylation sites is 1. The number of hydrogen-bond acceptors (Lipinski definition) is 5. The van der Waals surface area contributed by atoms with Crippen LogP contribution in [0.2, 0.25) is 0 Å². The van der Waals surface area contributed by atoms with Crippen molar-refractivity contribution in [1.29, 1.82) is 0 Å². The van der Waals surface area contributed by atoms with Crippen LogP contribution in [-0.2, 0) is 4.79 Å². The number of rotatable bonds is 7. The number of aliphatic carboxylic acids is 1. The van der Waals surface area contributed by atoms with E-state index in [4.69, 9.17) is 9.84 Å². The summed E-state index contributed by atoms with van der Waals surface area (Å²) in [6.07, 6.45) is 2.10. The summed E-state index contributed by atoms with van der Waals surface area (Å²) in [6.45, 7) is 3.98. The van der Waals surface area contributed by atoms with Gasteiger partial charge in [-0.15, -0.1) is 23.1 Å². The van der Waals surface area contributed by atoms with Gasteiger partial charge in [0.1, 0.15) is 10.8 Å². The Bertz CT molecular complexity index is 897. The summed E-state index contributed by atoms with van der Waals surface area (Å²) < 4.78 is 6.75. The van der Waals surface area contributed by atoms with E-state index in [1.165, 1.54) is 11.8 Å². The molecule has 0 aliphatic rings. The fraction of sp³-hybridized carbons (Fsp3) is 0.200. The van der Waals surface area contributed by atoms with Crippen LogP contribution in [0.5, 0.6) is 5.75 Å². The first-order valence-electron chi connectivity index (χ1n) is 8.20. The Morgan fingerprint density at radius 1 is 1.23 bits per heavy atom. The molecule has 0 fully saturated rings. The molecule has 4 nitrogen and oxygen atoms in total. The Morgan fingerprint density at radius 3 is 2.62 bits per heavy atom. The number of thiazole rings is 1. The highest BCUT2D eigenvalue weighted by Crippen LogP contribution is 2.35. The monoisotopic (exact) mass is 385 g/mol. The van der Waals surface area contributed by atoms with E-state index in [2.05, 4.69) is 4.98 Å². The van der Waals surface area contributed by atoms with Crippen LogP contribution >= 0.6 is 23.1 Å². The highest BCUT2D eigenvalue weighted by atomic mass is 32.2. The summed E-state index contributed by atoms with van der Waals surface area (Å²) in [5, 5.41) is 9.89. The Hall–Kier alpha value is -2.31. The summed E-state index contributed by atoms with van der Waals surface area (Å²) in [5.41, 5.74) is 1.91. The van der Waals surface area contributed by atoms with Crippen molar-refractivity contribution in [2.45, 2.75) is 20.0 Å². The van der Waals surface area contributed by atoms with Gasteiger partial charge in [-0.1, -0.05) is 24.3 Å². The predicted molar refractivity (Wildman–Crippen MR) is 110 cm³/mol. The molecular formula is C20H19NO3S2. The van der Waals surface area contributed by atoms with Crippen LogP contribution in [0.4, 0.5) is 0 Å². The van der Waals surface area contributed by atoms with Gasteiger partial charge in [0.05, 0.1) is 22.1 Å². The standard InChI is InChI=1S/C20H19NO3S2/c1-13(2)24-15-9-7-14(8-10-15)11-18(25-12-19(22)23)20-21-16-5-3-4-6-17(16)26-20/h3-11,13H,12H2,1-2H3,(H,22,23)/b18-11+. The molecule has 0 spiro atoms. The van der Waals surface area contributed by atoms with Gasteiger partial charge in [0.25, 0.3) is 0 Å². The summed E-state index contributed by atoms with van der Waals surface area (Å²) in [7, 11) is 0. The van der Waals surface area contributed by atoms with Crippen molar-refractivity contribution in [1.82, 2.24) is 4.98 Å². The number of fused-ring (bicyclic) bond motifs is 1. The number of thioether (sulfide) groups is 1. The average Bonchev–Trinajstić information content (AvgIpc) is 3.03. The lowest BCUT2D eigenvalue weighted by Crippen LogP contribution is -2.05. The summed E-state index contributed by atoms with van der Waals surface area (Å²) in [4.78, 5) is 16.5. The van der Waals surface area contributed by atoms with Crippen molar-refractivity contribution in [2.24, 2.45) is 0 Å². The summed E-state index contributed by atoms with van der Waals surface area (Å²) >= 11 is 2.86. The Morgan fingerprint density at radius 2 is 1.96 bits per heavy atom. The lowest BCUT2D eigenvalue weighted by molar-refractivity contribution is -0.133. The molecule has 0 saturated carbocycles. The molecule has 0 unspecified atom stereocenters. The topological polar surface area (TPSA) is 59.4 Å². The molecule has 0 radical (unpaired) electrons. The molecule has 26 heavy (non-hydrogen) atoms. The average molecular weight is 386 g/mol. The smallest absolute Gasteiger partial charge is 0.313 e. The zero-order chi connectivity index (χ0) is 18.5. The largest absolute Gasteiger partial charge is 0.491 e. The maximum atomic E-state index is 11.0. The first-order chi connectivity index (χ1) is 12.5. The van der Waals surface area contributed by atoms with Crippen molar-refractivity contribution in [2.75, 3.05) is 5.75 Å². The number of carboxylic acids is 1. The van der Waals surface area contributed by atoms with E-state index >= 15 is 0 Å². The molecule has 0 aliphatic heterocycles. The van der Waals surface area contributed by atoms with E-state index in [0.717, 1.165) is 31.4 Å². The van der Waals surface area contributed by atoms with Gasteiger partial charge in [0.2, 0.25) is 0 Å². The van der Waals surface area contributed by atoms with Crippen LogP contribution in [-0.4, -0.2) is 27.9 Å². The minimum Gasteiger partial charge on any atom is -0.491 e. The van der Waals surface area contributed by atoms with Crippen LogP contribution in [0.15, 0.2) is 48.5 Å². The maximum Gasteiger partial charge on any atom is 0.313 e. The highest BCUT2D eigenvalue weighted by Gasteiger charge is 2.12. The van der Waals surface area contributed by atoms with Crippen molar-refractivity contribution in [3.05, 3.63) is 59.1 Å². The summed E-state index contributed by atoms with van der Waals surface area (Å²) in [5.74, 6) is -0.0318. The molecule has 134 valence electrons. The van der Waals surface area contributed by atoms with Crippen molar-refractivity contribution < 1.29 is 14.6 Å². The fourth-order valence-electron chi connectivity index (χ4n) is 2.35. The van der Waals surface area contributed by atoms with Gasteiger partial charge in [-0.05, 0) is 49.8 Å². The van der Waals surface area contributed by atoms with Gasteiger partial charge in [-0.25, -0.2) is 4.98 Å². The number of carbonyl (C=O) groups is 1. The molecule has 3 aromatic rings. The van der Waals surface area contributed by atoms with E-state index in [1.54, 1.807) is 11.3 Å². The van der Waals surface area contributed by atoms with E-state index in [-0.39, 0.29) is 11.9 Å². The number of hydrogen-bond donors (Lipinski definition) is 1. The van der Waals surface area contributed by atoms with Crippen LogP contribution in [0.25, 0.3) is 21.2 Å². The number of ether oxygens (including phenoxy) is 1. The highest BCUT2D eigenvalue weighted by molar-refractivity contribution is 8.09. The van der Waals surface area contributed by atoms with Gasteiger partial charge in [-0.3, -0.25) is 4.79 Å². The molecule has 2 aromatic carbocycles. The van der Waals surface area contributed by atoms with E-state index in [1.807, 2.05) is 68.5 Å². The third kappa shape index (κ3) is 4.86. The van der Waals surface area contributed by atoms with Crippen LogP contribution in [0, 0.1) is 0 Å². The van der Waals surface area contributed by atoms with Gasteiger partial charge in [0.15, 0.2) is 0 Å². The van der Waals surface area contributed by atoms with Crippen LogP contribution in [0.3, 0.4) is 0 Å². The third-order valence-electron chi connectivity index (χ3n) is 3.41. The van der Waals surface area contributed by atoms with E-state index in [0.29, 0.717) is 0 Å². The minimum atomic E-state index is -0.845. The second-order valence-electron chi connectivity index (χ2n) is 5.91. The lowest BCUT2D eigenvalue weighted by Gasteiger charge is -2.09. The molecule has 0 bridgehead atoms. The molecule has 0 aliphatic carbocycles. The van der Waals surface area contributed by atoms with Crippen LogP contribution < -0.4 is 4.74 Å². The molecule has 0 saturated heterocycles. The fourth-order valence-corrected chi connectivity index (χ4v) is 4.19. The molecule has 1 heterocycles. The first-order valence-corrected chi connectivity index (χ1v) is 10.0. The second kappa shape index (κ2) is 8.38. The number of nitrogens with zero attached hydrogens (tertiary/aromatic N) is 1. The van der Waals surface area contributed by atoms with Crippen molar-refractivity contribution in [3.63, 3.8) is 0 Å².